The van der Waals surface area contributed by atoms with Gasteiger partial charge in [-0.05, 0) is 122 Å². The van der Waals surface area contributed by atoms with Crippen LogP contribution < -0.4 is 0 Å². The molecule has 70 heavy (non-hydrogen) atoms. The summed E-state index contributed by atoms with van der Waals surface area (Å²) in [6.07, 6.45) is 75.6. The highest BCUT2D eigenvalue weighted by Gasteiger charge is 2.19. The summed E-state index contributed by atoms with van der Waals surface area (Å²) in [6, 6.07) is 0. The van der Waals surface area contributed by atoms with E-state index in [1.54, 1.807) is 0 Å². The summed E-state index contributed by atoms with van der Waals surface area (Å²) in [6.45, 7) is 6.56. The van der Waals surface area contributed by atoms with Gasteiger partial charge in [-0.3, -0.25) is 14.4 Å². The van der Waals surface area contributed by atoms with Gasteiger partial charge in [0, 0.05) is 19.3 Å². The van der Waals surface area contributed by atoms with E-state index < -0.39 is 6.10 Å². The minimum Gasteiger partial charge on any atom is -0.462 e. The van der Waals surface area contributed by atoms with Gasteiger partial charge in [0.25, 0.3) is 0 Å². The number of hydrogen-bond acceptors (Lipinski definition) is 6. The number of unbranched alkanes of at least 4 members (excludes halogenated alkanes) is 28. The van der Waals surface area contributed by atoms with Crippen LogP contribution in [0.15, 0.2) is 85.1 Å². The summed E-state index contributed by atoms with van der Waals surface area (Å²) in [5, 5.41) is 0. The van der Waals surface area contributed by atoms with Crippen LogP contribution in [0, 0.1) is 0 Å². The van der Waals surface area contributed by atoms with Crippen molar-refractivity contribution in [2.75, 3.05) is 13.2 Å². The predicted molar refractivity (Wildman–Crippen MR) is 302 cm³/mol. The third-order valence-corrected chi connectivity index (χ3v) is 12.6. The molecule has 6 heteroatoms. The first-order valence-electron chi connectivity index (χ1n) is 29.6. The second kappa shape index (κ2) is 58.2. The summed E-state index contributed by atoms with van der Waals surface area (Å²) in [4.78, 5) is 38.2. The first-order valence-corrected chi connectivity index (χ1v) is 29.6. The molecule has 0 aromatic carbocycles. The predicted octanol–water partition coefficient (Wildman–Crippen LogP) is 19.9. The monoisotopic (exact) mass is 975 g/mol. The first-order chi connectivity index (χ1) is 34.5. The minimum atomic E-state index is -0.794. The SMILES string of the molecule is CCCCC/C=C\C/C=C\C/C=C\CCCCCCCCC(=O)OCC(COC(=O)CCCCCCC/C=C\CCCCCCC)OC(=O)CCCCCCCC/C=C\C/C=C\C/C=C\CCCCC. The Labute approximate surface area is 433 Å². The zero-order valence-electron chi connectivity index (χ0n) is 46.0. The zero-order valence-corrected chi connectivity index (χ0v) is 46.0. The Morgan fingerprint density at radius 3 is 0.843 bits per heavy atom. The lowest BCUT2D eigenvalue weighted by Crippen LogP contribution is -2.30. The van der Waals surface area contributed by atoms with Crippen LogP contribution in [0.25, 0.3) is 0 Å². The first kappa shape index (κ1) is 66.6. The third kappa shape index (κ3) is 55.5. The largest absolute Gasteiger partial charge is 0.462 e. The Hall–Kier alpha value is -3.41. The smallest absolute Gasteiger partial charge is 0.306 e. The highest BCUT2D eigenvalue weighted by atomic mass is 16.6. The maximum Gasteiger partial charge on any atom is 0.306 e. The second-order valence-electron chi connectivity index (χ2n) is 19.5. The summed E-state index contributed by atoms with van der Waals surface area (Å²) in [5.74, 6) is -0.917. The highest BCUT2D eigenvalue weighted by Crippen LogP contribution is 2.14. The van der Waals surface area contributed by atoms with Crippen LogP contribution in [-0.2, 0) is 28.6 Å². The van der Waals surface area contributed by atoms with Crippen molar-refractivity contribution in [1.82, 2.24) is 0 Å². The van der Waals surface area contributed by atoms with Gasteiger partial charge in [-0.25, -0.2) is 0 Å². The van der Waals surface area contributed by atoms with Gasteiger partial charge < -0.3 is 14.2 Å². The van der Waals surface area contributed by atoms with Gasteiger partial charge in [-0.1, -0.05) is 228 Å². The van der Waals surface area contributed by atoms with Gasteiger partial charge in [0.15, 0.2) is 6.10 Å². The van der Waals surface area contributed by atoms with Gasteiger partial charge >= 0.3 is 17.9 Å². The normalized spacial score (nSPS) is 12.7. The molecule has 0 saturated heterocycles. The molecule has 6 nitrogen and oxygen atoms in total. The number of carbonyl (C=O) groups is 3. The van der Waals surface area contributed by atoms with Crippen molar-refractivity contribution in [3.8, 4) is 0 Å². The molecule has 0 bridgehead atoms. The number of allylic oxidation sites excluding steroid dienone is 14. The van der Waals surface area contributed by atoms with Crippen molar-refractivity contribution in [2.45, 2.75) is 290 Å². The molecule has 0 N–H and O–H groups in total. The number of carbonyl (C=O) groups excluding carboxylic acids is 3. The molecule has 0 rings (SSSR count). The van der Waals surface area contributed by atoms with E-state index in [1.807, 2.05) is 0 Å². The number of rotatable bonds is 53. The van der Waals surface area contributed by atoms with Gasteiger partial charge in [-0.2, -0.15) is 0 Å². The molecule has 0 aromatic rings. The standard InChI is InChI=1S/C64H110O6/c1-4-7-10-13-16-19-22-25-28-30-32-34-36-39-42-45-48-51-54-57-63(66)69-60-61(59-68-62(65)56-53-50-47-44-41-38-27-24-21-18-15-12-9-6-3)70-64(67)58-55-52-49-46-43-40-37-35-33-31-29-26-23-20-17-14-11-8-5-2/h16-17,19-20,24-29,32-35,61H,4-15,18,21-23,30-31,36-60H2,1-3H3/b19-16-,20-17-,27-24-,28-25-,29-26-,34-32-,35-33-. The lowest BCUT2D eigenvalue weighted by atomic mass is 10.1. The lowest BCUT2D eigenvalue weighted by molar-refractivity contribution is -0.167. The maximum atomic E-state index is 12.9. The summed E-state index contributed by atoms with van der Waals surface area (Å²) in [5.41, 5.74) is 0. The molecule has 0 aliphatic rings. The van der Waals surface area contributed by atoms with Crippen LogP contribution in [0.3, 0.4) is 0 Å². The number of hydrogen-bond donors (Lipinski definition) is 0. The molecule has 0 heterocycles. The fourth-order valence-corrected chi connectivity index (χ4v) is 8.10. The van der Waals surface area contributed by atoms with E-state index in [4.69, 9.17) is 14.2 Å². The van der Waals surface area contributed by atoms with Crippen molar-refractivity contribution >= 4 is 17.9 Å². The van der Waals surface area contributed by atoms with E-state index >= 15 is 0 Å². The third-order valence-electron chi connectivity index (χ3n) is 12.6. The van der Waals surface area contributed by atoms with Gasteiger partial charge in [-0.15, -0.1) is 0 Å². The van der Waals surface area contributed by atoms with Crippen molar-refractivity contribution in [2.24, 2.45) is 0 Å². The number of esters is 3. The molecule has 1 unspecified atom stereocenters. The summed E-state index contributed by atoms with van der Waals surface area (Å²) in [7, 11) is 0. The Morgan fingerprint density at radius 2 is 0.514 bits per heavy atom. The van der Waals surface area contributed by atoms with Crippen molar-refractivity contribution in [3.63, 3.8) is 0 Å². The van der Waals surface area contributed by atoms with E-state index in [1.165, 1.54) is 135 Å². The average Bonchev–Trinajstić information content (AvgIpc) is 3.36. The lowest BCUT2D eigenvalue weighted by Gasteiger charge is -2.18. The maximum absolute atomic E-state index is 12.9. The summed E-state index contributed by atoms with van der Waals surface area (Å²) >= 11 is 0. The molecule has 0 aliphatic carbocycles. The molecule has 0 radical (unpaired) electrons. The molecule has 0 aromatic heterocycles. The Morgan fingerprint density at radius 1 is 0.286 bits per heavy atom. The molecule has 1 atom stereocenters. The molecular weight excluding hydrogens is 865 g/mol. The topological polar surface area (TPSA) is 78.9 Å². The van der Waals surface area contributed by atoms with Crippen LogP contribution in [0.2, 0.25) is 0 Å². The van der Waals surface area contributed by atoms with Crippen molar-refractivity contribution in [3.05, 3.63) is 85.1 Å². The average molecular weight is 976 g/mol. The molecule has 0 saturated carbocycles. The molecule has 0 fully saturated rings. The zero-order chi connectivity index (χ0) is 50.7. The van der Waals surface area contributed by atoms with E-state index in [0.29, 0.717) is 19.3 Å². The Balaban J connectivity index is 4.44. The Kier molecular flexibility index (Phi) is 55.3. The fourth-order valence-electron chi connectivity index (χ4n) is 8.10. The van der Waals surface area contributed by atoms with Crippen LogP contribution in [0.1, 0.15) is 284 Å². The fraction of sp³-hybridized carbons (Fsp3) is 0.734. The van der Waals surface area contributed by atoms with Gasteiger partial charge in [0.2, 0.25) is 0 Å². The molecular formula is C64H110O6. The van der Waals surface area contributed by atoms with Crippen LogP contribution in [0.4, 0.5) is 0 Å². The van der Waals surface area contributed by atoms with Crippen LogP contribution in [0.5, 0.6) is 0 Å². The highest BCUT2D eigenvalue weighted by molar-refractivity contribution is 5.71. The quantitative estimate of drug-likeness (QED) is 0.0261. The van der Waals surface area contributed by atoms with E-state index in [-0.39, 0.29) is 31.1 Å². The van der Waals surface area contributed by atoms with Crippen LogP contribution in [-0.4, -0.2) is 37.2 Å². The molecule has 402 valence electrons. The van der Waals surface area contributed by atoms with E-state index in [2.05, 4.69) is 106 Å². The van der Waals surface area contributed by atoms with Gasteiger partial charge in [0.05, 0.1) is 0 Å². The summed E-state index contributed by atoms with van der Waals surface area (Å²) < 4.78 is 16.9. The second-order valence-corrected chi connectivity index (χ2v) is 19.5. The number of ether oxygens (including phenoxy) is 3. The molecule has 0 aliphatic heterocycles. The Bertz CT molecular complexity index is 1350. The van der Waals surface area contributed by atoms with Crippen LogP contribution >= 0.6 is 0 Å². The minimum absolute atomic E-state index is 0.0905. The van der Waals surface area contributed by atoms with E-state index in [9.17, 15) is 14.4 Å². The van der Waals surface area contributed by atoms with Gasteiger partial charge in [0.1, 0.15) is 13.2 Å². The van der Waals surface area contributed by atoms with Crippen molar-refractivity contribution in [1.29, 1.82) is 0 Å². The molecule has 0 spiro atoms. The van der Waals surface area contributed by atoms with E-state index in [0.717, 1.165) is 109 Å². The van der Waals surface area contributed by atoms with Crippen molar-refractivity contribution < 1.29 is 28.6 Å². The molecule has 0 amide bonds.